The summed E-state index contributed by atoms with van der Waals surface area (Å²) >= 11 is 0. The third-order valence-corrected chi connectivity index (χ3v) is 4.58. The van der Waals surface area contributed by atoms with Crippen LogP contribution < -0.4 is 14.2 Å². The Hall–Kier alpha value is -3.21. The maximum absolute atomic E-state index is 12.9. The predicted molar refractivity (Wildman–Crippen MR) is 107 cm³/mol. The number of hydrogen-bond acceptors (Lipinski definition) is 4. The summed E-state index contributed by atoms with van der Waals surface area (Å²) in [5.74, 6) is 1.28. The van der Waals surface area contributed by atoms with Crippen molar-refractivity contribution in [2.24, 2.45) is 7.05 Å². The van der Waals surface area contributed by atoms with E-state index < -0.39 is 0 Å². The molecule has 0 saturated carbocycles. The van der Waals surface area contributed by atoms with E-state index in [1.807, 2.05) is 25.4 Å². The molecule has 0 saturated heterocycles. The largest absolute Gasteiger partial charge is 0.493 e. The van der Waals surface area contributed by atoms with Crippen LogP contribution in [0, 0.1) is 0 Å². The summed E-state index contributed by atoms with van der Waals surface area (Å²) in [6.45, 7) is 1.81. The van der Waals surface area contributed by atoms with Crippen molar-refractivity contribution >= 4 is 22.8 Å². The molecule has 0 fully saturated rings. The van der Waals surface area contributed by atoms with Crippen LogP contribution in [0.2, 0.25) is 0 Å². The molecule has 1 heterocycles. The molecule has 3 aromatic rings. The van der Waals surface area contributed by atoms with Crippen molar-refractivity contribution < 1.29 is 19.0 Å². The summed E-state index contributed by atoms with van der Waals surface area (Å²) in [5, 5.41) is 1.14. The molecule has 0 N–H and O–H groups in total. The van der Waals surface area contributed by atoms with E-state index in [1.165, 1.54) is 21.3 Å². The van der Waals surface area contributed by atoms with Crippen molar-refractivity contribution in [1.29, 1.82) is 0 Å². The van der Waals surface area contributed by atoms with E-state index in [0.717, 1.165) is 16.5 Å². The number of aryl methyl sites for hydroxylation is 1. The second kappa shape index (κ2) is 7.58. The normalized spacial score (nSPS) is 11.5. The van der Waals surface area contributed by atoms with Gasteiger partial charge in [0.25, 0.3) is 0 Å². The van der Waals surface area contributed by atoms with Crippen LogP contribution in [0.3, 0.4) is 0 Å². The van der Waals surface area contributed by atoms with Crippen LogP contribution in [0.25, 0.3) is 17.0 Å². The number of Topliss-reactive ketones (excluding diaryl/α,β-unsaturated/α-hetero) is 1. The van der Waals surface area contributed by atoms with Gasteiger partial charge in [0.2, 0.25) is 5.75 Å². The Morgan fingerprint density at radius 2 is 1.63 bits per heavy atom. The molecule has 0 aliphatic rings. The molecule has 0 aliphatic heterocycles. The smallest absolute Gasteiger partial charge is 0.203 e. The maximum Gasteiger partial charge on any atom is 0.203 e. The highest BCUT2D eigenvalue weighted by atomic mass is 16.5. The van der Waals surface area contributed by atoms with Crippen LogP contribution in [-0.2, 0) is 7.05 Å². The van der Waals surface area contributed by atoms with Crippen molar-refractivity contribution in [3.05, 3.63) is 59.3 Å². The lowest BCUT2D eigenvalue weighted by Gasteiger charge is -2.13. The maximum atomic E-state index is 12.9. The van der Waals surface area contributed by atoms with Gasteiger partial charge in [0.05, 0.1) is 21.3 Å². The zero-order valence-corrected chi connectivity index (χ0v) is 16.2. The number of allylic oxidation sites excluding steroid dienone is 1. The summed E-state index contributed by atoms with van der Waals surface area (Å²) in [4.78, 5) is 12.9. The summed E-state index contributed by atoms with van der Waals surface area (Å²) in [6, 6.07) is 11.5. The van der Waals surface area contributed by atoms with Crippen LogP contribution >= 0.6 is 0 Å². The summed E-state index contributed by atoms with van der Waals surface area (Å²) in [6.07, 6.45) is 3.91. The SMILES string of the molecule is COc1cc(C(=O)C(C)=Cc2ccc3c(ccn3C)c2)cc(OC)c1OC. The molecule has 0 amide bonds. The Morgan fingerprint density at radius 1 is 0.963 bits per heavy atom. The lowest BCUT2D eigenvalue weighted by atomic mass is 10.0. The number of nitrogens with zero attached hydrogens (tertiary/aromatic N) is 1. The quantitative estimate of drug-likeness (QED) is 0.477. The molecule has 1 aromatic heterocycles. The molecule has 140 valence electrons. The van der Waals surface area contributed by atoms with E-state index in [-0.39, 0.29) is 5.78 Å². The van der Waals surface area contributed by atoms with Crippen LogP contribution in [0.1, 0.15) is 22.8 Å². The second-order valence-corrected chi connectivity index (χ2v) is 6.32. The van der Waals surface area contributed by atoms with Crippen molar-refractivity contribution in [2.45, 2.75) is 6.92 Å². The van der Waals surface area contributed by atoms with Gasteiger partial charge < -0.3 is 18.8 Å². The predicted octanol–water partition coefficient (Wildman–Crippen LogP) is 4.49. The Morgan fingerprint density at radius 3 is 2.22 bits per heavy atom. The van der Waals surface area contributed by atoms with Crippen LogP contribution in [-0.4, -0.2) is 31.7 Å². The highest BCUT2D eigenvalue weighted by Gasteiger charge is 2.18. The number of carbonyl (C=O) groups is 1. The first kappa shape index (κ1) is 18.6. The summed E-state index contributed by atoms with van der Waals surface area (Å²) < 4.78 is 18.1. The van der Waals surface area contributed by atoms with Gasteiger partial charge in [-0.05, 0) is 54.5 Å². The van der Waals surface area contributed by atoms with E-state index in [4.69, 9.17) is 14.2 Å². The summed E-state index contributed by atoms with van der Waals surface area (Å²) in [7, 11) is 6.61. The monoisotopic (exact) mass is 365 g/mol. The van der Waals surface area contributed by atoms with Crippen molar-refractivity contribution in [1.82, 2.24) is 4.57 Å². The first-order valence-electron chi connectivity index (χ1n) is 8.56. The number of carbonyl (C=O) groups excluding carboxylic acids is 1. The standard InChI is InChI=1S/C22H23NO4/c1-14(10-15-6-7-18-16(11-15)8-9-23(18)2)21(24)17-12-19(25-3)22(27-5)20(13-17)26-4/h6-13H,1-5H3. The molecule has 0 bridgehead atoms. The van der Waals surface area contributed by atoms with Crippen molar-refractivity contribution in [3.63, 3.8) is 0 Å². The number of benzene rings is 2. The average molecular weight is 365 g/mol. The van der Waals surface area contributed by atoms with E-state index in [0.29, 0.717) is 28.4 Å². The number of aromatic nitrogens is 1. The topological polar surface area (TPSA) is 49.7 Å². The van der Waals surface area contributed by atoms with E-state index in [9.17, 15) is 4.79 Å². The second-order valence-electron chi connectivity index (χ2n) is 6.32. The van der Waals surface area contributed by atoms with Gasteiger partial charge in [-0.3, -0.25) is 4.79 Å². The first-order chi connectivity index (χ1) is 13.0. The van der Waals surface area contributed by atoms with Gasteiger partial charge in [0.15, 0.2) is 17.3 Å². The molecule has 3 rings (SSSR count). The molecule has 0 spiro atoms. The van der Waals surface area contributed by atoms with E-state index in [2.05, 4.69) is 22.8 Å². The number of methoxy groups -OCH3 is 3. The van der Waals surface area contributed by atoms with Gasteiger partial charge in [-0.2, -0.15) is 0 Å². The Kier molecular flexibility index (Phi) is 5.21. The zero-order valence-electron chi connectivity index (χ0n) is 16.2. The minimum absolute atomic E-state index is 0.0950. The third-order valence-electron chi connectivity index (χ3n) is 4.58. The molecule has 27 heavy (non-hydrogen) atoms. The molecule has 0 atom stereocenters. The lowest BCUT2D eigenvalue weighted by Crippen LogP contribution is -2.04. The fourth-order valence-electron chi connectivity index (χ4n) is 3.15. The van der Waals surface area contributed by atoms with E-state index in [1.54, 1.807) is 19.1 Å². The first-order valence-corrected chi connectivity index (χ1v) is 8.56. The van der Waals surface area contributed by atoms with Gasteiger partial charge in [-0.1, -0.05) is 6.07 Å². The van der Waals surface area contributed by atoms with Gasteiger partial charge in [0.1, 0.15) is 0 Å². The molecule has 0 aliphatic carbocycles. The van der Waals surface area contributed by atoms with Gasteiger partial charge in [-0.25, -0.2) is 0 Å². The van der Waals surface area contributed by atoms with Gasteiger partial charge >= 0.3 is 0 Å². The number of hydrogen-bond donors (Lipinski definition) is 0. The van der Waals surface area contributed by atoms with E-state index >= 15 is 0 Å². The van der Waals surface area contributed by atoms with Gasteiger partial charge in [0, 0.05) is 29.7 Å². The summed E-state index contributed by atoms with van der Waals surface area (Å²) in [5.41, 5.74) is 3.24. The minimum atomic E-state index is -0.0950. The molecule has 5 nitrogen and oxygen atoms in total. The van der Waals surface area contributed by atoms with Crippen molar-refractivity contribution in [2.75, 3.05) is 21.3 Å². The minimum Gasteiger partial charge on any atom is -0.493 e. The average Bonchev–Trinajstić information content (AvgIpc) is 3.06. The van der Waals surface area contributed by atoms with Gasteiger partial charge in [-0.15, -0.1) is 0 Å². The zero-order chi connectivity index (χ0) is 19.6. The number of ether oxygens (including phenoxy) is 3. The molecular formula is C22H23NO4. The number of ketones is 1. The number of fused-ring (bicyclic) bond motifs is 1. The highest BCUT2D eigenvalue weighted by molar-refractivity contribution is 6.11. The molecule has 0 radical (unpaired) electrons. The number of rotatable bonds is 6. The highest BCUT2D eigenvalue weighted by Crippen LogP contribution is 2.38. The molecule has 2 aromatic carbocycles. The third kappa shape index (κ3) is 3.53. The Labute approximate surface area is 158 Å². The van der Waals surface area contributed by atoms with Crippen molar-refractivity contribution in [3.8, 4) is 17.2 Å². The molecule has 0 unspecified atom stereocenters. The van der Waals surface area contributed by atoms with Crippen LogP contribution in [0.15, 0.2) is 48.2 Å². The lowest BCUT2D eigenvalue weighted by molar-refractivity contribution is 0.103. The van der Waals surface area contributed by atoms with Crippen LogP contribution in [0.5, 0.6) is 17.2 Å². The van der Waals surface area contributed by atoms with Crippen LogP contribution in [0.4, 0.5) is 0 Å². The Balaban J connectivity index is 1.97. The Bertz CT molecular complexity index is 1000. The fourth-order valence-corrected chi connectivity index (χ4v) is 3.15. The fraction of sp³-hybridized carbons (Fsp3) is 0.227. The molecular weight excluding hydrogens is 342 g/mol. The molecule has 5 heteroatoms.